The molecule has 0 spiro atoms. The highest BCUT2D eigenvalue weighted by Gasteiger charge is 2.48. The first-order valence-electron chi connectivity index (χ1n) is 15.8. The summed E-state index contributed by atoms with van der Waals surface area (Å²) in [6.07, 6.45) is 3.24. The standard InChI is InChI=1S/C38H38N2O8S/c1-6-8-19-46-29-17-14-27(21-30(29)45-5)32-31(33(41)26-12-15-28(16-13-26)48-22-25-11-9-10-23(3)20-25)34(42)36(43)40(32)38-39-24(4)35(49-38)37(44)47-18-7-2/h7,9-17,20-21,32,41H,2,6,8,18-19,22H2,1,3-5H3/b33-31+. The number of aryl methyl sites for hydroxylation is 2. The van der Waals surface area contributed by atoms with Crippen LogP contribution in [0.5, 0.6) is 17.2 Å². The maximum Gasteiger partial charge on any atom is 0.350 e. The molecule has 2 heterocycles. The molecule has 1 unspecified atom stereocenters. The quantitative estimate of drug-likeness (QED) is 0.0360. The largest absolute Gasteiger partial charge is 0.507 e. The third-order valence-corrected chi connectivity index (χ3v) is 8.96. The highest BCUT2D eigenvalue weighted by molar-refractivity contribution is 7.17. The summed E-state index contributed by atoms with van der Waals surface area (Å²) in [5.74, 6) is -1.38. The molecule has 49 heavy (non-hydrogen) atoms. The van der Waals surface area contributed by atoms with Gasteiger partial charge in [-0.25, -0.2) is 9.78 Å². The lowest BCUT2D eigenvalue weighted by molar-refractivity contribution is -0.132. The summed E-state index contributed by atoms with van der Waals surface area (Å²) >= 11 is 0.918. The molecule has 5 rings (SSSR count). The molecule has 1 fully saturated rings. The second-order valence-electron chi connectivity index (χ2n) is 11.4. The van der Waals surface area contributed by atoms with Crippen LogP contribution in [-0.4, -0.2) is 48.1 Å². The highest BCUT2D eigenvalue weighted by Crippen LogP contribution is 2.45. The van der Waals surface area contributed by atoms with E-state index in [0.717, 1.165) is 35.3 Å². The van der Waals surface area contributed by atoms with Crippen LogP contribution in [-0.2, 0) is 20.9 Å². The molecule has 1 atom stereocenters. The minimum Gasteiger partial charge on any atom is -0.507 e. The van der Waals surface area contributed by atoms with Gasteiger partial charge in [-0.1, -0.05) is 73.2 Å². The molecule has 10 nitrogen and oxygen atoms in total. The van der Waals surface area contributed by atoms with Crippen LogP contribution in [0.2, 0.25) is 0 Å². The summed E-state index contributed by atoms with van der Waals surface area (Å²) in [6, 6.07) is 18.6. The van der Waals surface area contributed by atoms with Crippen LogP contribution in [0.15, 0.2) is 85.0 Å². The van der Waals surface area contributed by atoms with E-state index in [1.54, 1.807) is 49.4 Å². The van der Waals surface area contributed by atoms with Crippen molar-refractivity contribution in [2.45, 2.75) is 46.3 Å². The number of carbonyl (C=O) groups excluding carboxylic acids is 3. The summed E-state index contributed by atoms with van der Waals surface area (Å²) in [5.41, 5.74) is 3.08. The molecule has 0 bridgehead atoms. The van der Waals surface area contributed by atoms with Crippen molar-refractivity contribution in [3.8, 4) is 17.2 Å². The summed E-state index contributed by atoms with van der Waals surface area (Å²) < 4.78 is 22.7. The molecule has 3 aromatic carbocycles. The van der Waals surface area contributed by atoms with Crippen molar-refractivity contribution in [2.24, 2.45) is 0 Å². The Labute approximate surface area is 289 Å². The number of esters is 1. The number of methoxy groups -OCH3 is 1. The Morgan fingerprint density at radius 2 is 1.82 bits per heavy atom. The van der Waals surface area contributed by atoms with Crippen LogP contribution < -0.4 is 19.1 Å². The van der Waals surface area contributed by atoms with E-state index >= 15 is 0 Å². The van der Waals surface area contributed by atoms with Gasteiger partial charge in [-0.3, -0.25) is 14.5 Å². The number of thiazole rings is 1. The lowest BCUT2D eigenvalue weighted by Gasteiger charge is -2.24. The Balaban J connectivity index is 1.55. The second-order valence-corrected chi connectivity index (χ2v) is 12.4. The third kappa shape index (κ3) is 7.68. The molecule has 0 saturated carbocycles. The smallest absolute Gasteiger partial charge is 0.350 e. The number of rotatable bonds is 14. The van der Waals surface area contributed by atoms with Gasteiger partial charge in [0.1, 0.15) is 29.6 Å². The van der Waals surface area contributed by atoms with Gasteiger partial charge in [0, 0.05) is 5.56 Å². The first-order valence-corrected chi connectivity index (χ1v) is 16.6. The molecule has 0 aliphatic carbocycles. The zero-order valence-electron chi connectivity index (χ0n) is 27.9. The Kier molecular flexibility index (Phi) is 11.1. The number of carbonyl (C=O) groups is 3. The first kappa shape index (κ1) is 34.9. The van der Waals surface area contributed by atoms with Crippen molar-refractivity contribution in [2.75, 3.05) is 25.2 Å². The Morgan fingerprint density at radius 1 is 1.04 bits per heavy atom. The number of Topliss-reactive ketones (excluding diaryl/α,β-unsaturated/α-hetero) is 1. The van der Waals surface area contributed by atoms with E-state index in [2.05, 4.69) is 18.5 Å². The van der Waals surface area contributed by atoms with E-state index in [-0.39, 0.29) is 27.9 Å². The number of anilines is 1. The van der Waals surface area contributed by atoms with Crippen molar-refractivity contribution in [3.05, 3.63) is 118 Å². The average Bonchev–Trinajstić information content (AvgIpc) is 3.62. The van der Waals surface area contributed by atoms with Crippen LogP contribution in [0.25, 0.3) is 5.76 Å². The summed E-state index contributed by atoms with van der Waals surface area (Å²) in [5, 5.41) is 11.8. The van der Waals surface area contributed by atoms with Crippen LogP contribution in [0.1, 0.15) is 63.4 Å². The van der Waals surface area contributed by atoms with E-state index in [1.165, 1.54) is 18.1 Å². The number of hydrogen-bond donors (Lipinski definition) is 1. The molecule has 11 heteroatoms. The van der Waals surface area contributed by atoms with Crippen molar-refractivity contribution < 1.29 is 38.4 Å². The molecule has 254 valence electrons. The minimum absolute atomic E-state index is 0.00174. The molecular formula is C38H38N2O8S. The summed E-state index contributed by atoms with van der Waals surface area (Å²) in [7, 11) is 1.50. The van der Waals surface area contributed by atoms with E-state index in [9.17, 15) is 19.5 Å². The van der Waals surface area contributed by atoms with Gasteiger partial charge >= 0.3 is 11.9 Å². The van der Waals surface area contributed by atoms with Crippen LogP contribution in [0, 0.1) is 13.8 Å². The Hall–Kier alpha value is -5.42. The number of aliphatic hydroxyl groups is 1. The van der Waals surface area contributed by atoms with E-state index in [4.69, 9.17) is 18.9 Å². The van der Waals surface area contributed by atoms with Crippen LogP contribution in [0.4, 0.5) is 5.13 Å². The third-order valence-electron chi connectivity index (χ3n) is 7.83. The Morgan fingerprint density at radius 3 is 2.51 bits per heavy atom. The zero-order chi connectivity index (χ0) is 35.1. The van der Waals surface area contributed by atoms with E-state index < -0.39 is 23.7 Å². The Bertz CT molecular complexity index is 1900. The fraction of sp³-hybridized carbons (Fsp3) is 0.263. The van der Waals surface area contributed by atoms with Crippen LogP contribution in [0.3, 0.4) is 0 Å². The lowest BCUT2D eigenvalue weighted by Crippen LogP contribution is -2.29. The predicted octanol–water partition coefficient (Wildman–Crippen LogP) is 7.50. The number of ketones is 1. The second kappa shape index (κ2) is 15.7. The predicted molar refractivity (Wildman–Crippen MR) is 187 cm³/mol. The molecule has 0 radical (unpaired) electrons. The lowest BCUT2D eigenvalue weighted by atomic mass is 9.95. The molecule has 1 amide bonds. The number of hydrogen-bond acceptors (Lipinski definition) is 10. The van der Waals surface area contributed by atoms with Gasteiger partial charge in [-0.15, -0.1) is 0 Å². The van der Waals surface area contributed by atoms with Crippen LogP contribution >= 0.6 is 11.3 Å². The van der Waals surface area contributed by atoms with Gasteiger partial charge in [0.25, 0.3) is 5.78 Å². The van der Waals surface area contributed by atoms with Gasteiger partial charge in [-0.2, -0.15) is 0 Å². The van der Waals surface area contributed by atoms with Gasteiger partial charge in [0.15, 0.2) is 16.6 Å². The number of unbranched alkanes of at least 4 members (excludes halogenated alkanes) is 1. The summed E-state index contributed by atoms with van der Waals surface area (Å²) in [4.78, 5) is 46.2. The molecule has 4 aromatic rings. The monoisotopic (exact) mass is 682 g/mol. The average molecular weight is 683 g/mol. The molecule has 1 aromatic heterocycles. The zero-order valence-corrected chi connectivity index (χ0v) is 28.7. The highest BCUT2D eigenvalue weighted by atomic mass is 32.1. The summed E-state index contributed by atoms with van der Waals surface area (Å²) in [6.45, 7) is 10.1. The van der Waals surface area contributed by atoms with Crippen molar-refractivity contribution >= 4 is 39.9 Å². The molecular weight excluding hydrogens is 644 g/mol. The number of aliphatic hydroxyl groups excluding tert-OH is 1. The fourth-order valence-corrected chi connectivity index (χ4v) is 6.34. The molecule has 1 saturated heterocycles. The van der Waals surface area contributed by atoms with Gasteiger partial charge in [0.2, 0.25) is 0 Å². The molecule has 1 aliphatic heterocycles. The SMILES string of the molecule is C=CCOC(=O)c1sc(N2C(=O)C(=O)/C(=C(/O)c3ccc(OCc4cccc(C)c4)cc3)C2c2ccc(OCCCC)c(OC)c2)nc1C. The van der Waals surface area contributed by atoms with E-state index in [1.807, 2.05) is 31.2 Å². The number of amides is 1. The normalized spacial score (nSPS) is 15.3. The molecule has 1 aliphatic rings. The number of ether oxygens (including phenoxy) is 4. The number of nitrogens with zero attached hydrogens (tertiary/aromatic N) is 2. The van der Waals surface area contributed by atoms with Crippen molar-refractivity contribution in [1.29, 1.82) is 0 Å². The maximum atomic E-state index is 13.8. The fourth-order valence-electron chi connectivity index (χ4n) is 5.35. The topological polar surface area (TPSA) is 124 Å². The number of aromatic nitrogens is 1. The van der Waals surface area contributed by atoms with Gasteiger partial charge in [0.05, 0.1) is 31.0 Å². The van der Waals surface area contributed by atoms with E-state index in [0.29, 0.717) is 47.3 Å². The number of benzene rings is 3. The van der Waals surface area contributed by atoms with Gasteiger partial charge < -0.3 is 24.1 Å². The molecule has 1 N–H and O–H groups in total. The minimum atomic E-state index is -1.11. The van der Waals surface area contributed by atoms with Crippen molar-refractivity contribution in [3.63, 3.8) is 0 Å². The maximum absolute atomic E-state index is 13.8. The van der Waals surface area contributed by atoms with Crippen molar-refractivity contribution in [1.82, 2.24) is 4.98 Å². The van der Waals surface area contributed by atoms with Gasteiger partial charge in [-0.05, 0) is 67.8 Å². The first-order chi connectivity index (χ1) is 23.7.